The minimum atomic E-state index is -0.318. The van der Waals surface area contributed by atoms with E-state index in [-0.39, 0.29) is 17.8 Å². The topological polar surface area (TPSA) is 80.0 Å². The van der Waals surface area contributed by atoms with Gasteiger partial charge in [0.05, 0.1) is 6.04 Å². The van der Waals surface area contributed by atoms with Gasteiger partial charge in [-0.1, -0.05) is 35.5 Å². The van der Waals surface area contributed by atoms with Crippen molar-refractivity contribution in [3.05, 3.63) is 47.6 Å². The molecule has 2 heterocycles. The predicted octanol–water partition coefficient (Wildman–Crippen LogP) is 1.42. The largest absolute Gasteiger partial charge is 0.345 e. The Bertz CT molecular complexity index is 576. The van der Waals surface area contributed by atoms with Gasteiger partial charge in [-0.2, -0.15) is 4.98 Å². The molecular weight excluding hydrogens is 256 g/mol. The van der Waals surface area contributed by atoms with Gasteiger partial charge in [-0.15, -0.1) is 0 Å². The summed E-state index contributed by atoms with van der Waals surface area (Å²) in [5.74, 6) is 0.263. The third-order valence-electron chi connectivity index (χ3n) is 3.30. The zero-order valence-electron chi connectivity index (χ0n) is 11.0. The maximum Gasteiger partial charge on any atom is 0.292 e. The average Bonchev–Trinajstić information content (AvgIpc) is 3.16. The number of carbonyl (C=O) groups is 1. The van der Waals surface area contributed by atoms with Crippen LogP contribution in [0.2, 0.25) is 0 Å². The Kier molecular flexibility index (Phi) is 3.73. The quantitative estimate of drug-likeness (QED) is 0.880. The highest BCUT2D eigenvalue weighted by atomic mass is 16.5. The van der Waals surface area contributed by atoms with Crippen molar-refractivity contribution in [2.75, 3.05) is 6.54 Å². The van der Waals surface area contributed by atoms with Crippen molar-refractivity contribution in [1.82, 2.24) is 20.8 Å². The fourth-order valence-electron chi connectivity index (χ4n) is 2.22. The number of benzene rings is 1. The van der Waals surface area contributed by atoms with E-state index in [9.17, 15) is 4.79 Å². The van der Waals surface area contributed by atoms with Crippen LogP contribution < -0.4 is 10.6 Å². The summed E-state index contributed by atoms with van der Waals surface area (Å²) in [6.45, 7) is 1.40. The Balaban J connectivity index is 1.59. The van der Waals surface area contributed by atoms with E-state index in [0.29, 0.717) is 12.4 Å². The molecule has 2 aromatic rings. The average molecular weight is 272 g/mol. The second-order valence-electron chi connectivity index (χ2n) is 4.77. The second-order valence-corrected chi connectivity index (χ2v) is 4.77. The van der Waals surface area contributed by atoms with Crippen molar-refractivity contribution in [2.24, 2.45) is 0 Å². The first kappa shape index (κ1) is 12.8. The smallest absolute Gasteiger partial charge is 0.292 e. The van der Waals surface area contributed by atoms with Gasteiger partial charge in [-0.05, 0) is 24.9 Å². The Labute approximate surface area is 116 Å². The third-order valence-corrected chi connectivity index (χ3v) is 3.30. The minimum Gasteiger partial charge on any atom is -0.345 e. The monoisotopic (exact) mass is 272 g/mol. The van der Waals surface area contributed by atoms with Crippen LogP contribution in [0.25, 0.3) is 0 Å². The maximum absolute atomic E-state index is 11.9. The predicted molar refractivity (Wildman–Crippen MR) is 71.9 cm³/mol. The van der Waals surface area contributed by atoms with E-state index in [1.165, 1.54) is 0 Å². The first-order valence-electron chi connectivity index (χ1n) is 6.72. The molecule has 1 unspecified atom stereocenters. The van der Waals surface area contributed by atoms with Crippen LogP contribution >= 0.6 is 0 Å². The van der Waals surface area contributed by atoms with Crippen molar-refractivity contribution in [2.45, 2.75) is 25.4 Å². The van der Waals surface area contributed by atoms with Crippen LogP contribution in [0, 0.1) is 0 Å². The molecule has 1 aromatic heterocycles. The number of aromatic nitrogens is 2. The van der Waals surface area contributed by atoms with Crippen molar-refractivity contribution in [3.8, 4) is 0 Å². The minimum absolute atomic E-state index is 0.0816. The van der Waals surface area contributed by atoms with Crippen molar-refractivity contribution < 1.29 is 9.32 Å². The van der Waals surface area contributed by atoms with E-state index < -0.39 is 0 Å². The fourth-order valence-corrected chi connectivity index (χ4v) is 2.22. The molecule has 20 heavy (non-hydrogen) atoms. The molecule has 1 aliphatic rings. The lowest BCUT2D eigenvalue weighted by Gasteiger charge is -2.02. The number of hydrogen-bond donors (Lipinski definition) is 2. The Morgan fingerprint density at radius 2 is 2.25 bits per heavy atom. The third kappa shape index (κ3) is 2.85. The van der Waals surface area contributed by atoms with Gasteiger partial charge in [0.25, 0.3) is 11.7 Å². The first-order valence-corrected chi connectivity index (χ1v) is 6.72. The number of rotatable bonds is 4. The molecule has 1 amide bonds. The summed E-state index contributed by atoms with van der Waals surface area (Å²) in [6, 6.07) is 9.78. The molecule has 3 rings (SSSR count). The second kappa shape index (κ2) is 5.83. The molecule has 0 spiro atoms. The molecule has 2 N–H and O–H groups in total. The summed E-state index contributed by atoms with van der Waals surface area (Å²) in [4.78, 5) is 16.1. The lowest BCUT2D eigenvalue weighted by molar-refractivity contribution is 0.0937. The van der Waals surface area contributed by atoms with E-state index in [4.69, 9.17) is 4.52 Å². The normalized spacial score (nSPS) is 18.1. The van der Waals surface area contributed by atoms with Crippen LogP contribution in [0.3, 0.4) is 0 Å². The summed E-state index contributed by atoms with van der Waals surface area (Å²) in [5, 5.41) is 9.76. The fraction of sp³-hybridized carbons (Fsp3) is 0.357. The van der Waals surface area contributed by atoms with Crippen LogP contribution in [0.4, 0.5) is 0 Å². The molecule has 1 atom stereocenters. The molecule has 6 heteroatoms. The van der Waals surface area contributed by atoms with Crippen molar-refractivity contribution in [3.63, 3.8) is 0 Å². The Hall–Kier alpha value is -2.21. The van der Waals surface area contributed by atoms with Gasteiger partial charge >= 0.3 is 0 Å². The standard InChI is InChI=1S/C14H16N4O2/c19-13(16-9-10-5-2-1-3-6-10)12-17-14(20-18-12)11-7-4-8-15-11/h1-3,5-6,11,15H,4,7-9H2,(H,16,19). The SMILES string of the molecule is O=C(NCc1ccccc1)c1noc(C2CCCN2)n1. The lowest BCUT2D eigenvalue weighted by atomic mass is 10.2. The van der Waals surface area contributed by atoms with Gasteiger partial charge in [0.1, 0.15) is 0 Å². The lowest BCUT2D eigenvalue weighted by Crippen LogP contribution is -2.24. The van der Waals surface area contributed by atoms with Gasteiger partial charge < -0.3 is 15.2 Å². The van der Waals surface area contributed by atoms with Crippen molar-refractivity contribution >= 4 is 5.91 Å². The highest BCUT2D eigenvalue weighted by molar-refractivity contribution is 5.90. The van der Waals surface area contributed by atoms with E-state index in [1.807, 2.05) is 30.3 Å². The van der Waals surface area contributed by atoms with Gasteiger partial charge in [0, 0.05) is 6.54 Å². The number of hydrogen-bond acceptors (Lipinski definition) is 5. The highest BCUT2D eigenvalue weighted by Gasteiger charge is 2.24. The molecule has 104 valence electrons. The zero-order valence-corrected chi connectivity index (χ0v) is 11.0. The van der Waals surface area contributed by atoms with E-state index in [1.54, 1.807) is 0 Å². The number of carbonyl (C=O) groups excluding carboxylic acids is 1. The van der Waals surface area contributed by atoms with E-state index in [0.717, 1.165) is 24.9 Å². The van der Waals surface area contributed by atoms with E-state index >= 15 is 0 Å². The van der Waals surface area contributed by atoms with Crippen LogP contribution in [0.5, 0.6) is 0 Å². The number of nitrogens with zero attached hydrogens (tertiary/aromatic N) is 2. The van der Waals surface area contributed by atoms with Crippen LogP contribution in [0.15, 0.2) is 34.9 Å². The van der Waals surface area contributed by atoms with E-state index in [2.05, 4.69) is 20.8 Å². The molecular formula is C14H16N4O2. The van der Waals surface area contributed by atoms with Gasteiger partial charge in [0.15, 0.2) is 0 Å². The van der Waals surface area contributed by atoms with Crippen molar-refractivity contribution in [1.29, 1.82) is 0 Å². The number of nitrogens with one attached hydrogen (secondary N) is 2. The first-order chi connectivity index (χ1) is 9.83. The van der Waals surface area contributed by atoms with Crippen LogP contribution in [-0.2, 0) is 6.54 Å². The zero-order chi connectivity index (χ0) is 13.8. The molecule has 0 aliphatic carbocycles. The summed E-state index contributed by atoms with van der Waals surface area (Å²) in [5.41, 5.74) is 1.03. The molecule has 1 fully saturated rings. The number of amides is 1. The Morgan fingerprint density at radius 3 is 3.00 bits per heavy atom. The summed E-state index contributed by atoms with van der Waals surface area (Å²) < 4.78 is 5.14. The van der Waals surface area contributed by atoms with Crippen LogP contribution in [0.1, 0.15) is 41.0 Å². The molecule has 1 aromatic carbocycles. The molecule has 0 saturated carbocycles. The van der Waals surface area contributed by atoms with Gasteiger partial charge in [0.2, 0.25) is 5.89 Å². The summed E-state index contributed by atoms with van der Waals surface area (Å²) in [6.07, 6.45) is 2.05. The summed E-state index contributed by atoms with van der Waals surface area (Å²) in [7, 11) is 0. The molecule has 6 nitrogen and oxygen atoms in total. The molecule has 1 aliphatic heterocycles. The molecule has 1 saturated heterocycles. The summed E-state index contributed by atoms with van der Waals surface area (Å²) >= 11 is 0. The van der Waals surface area contributed by atoms with Gasteiger partial charge in [-0.3, -0.25) is 4.79 Å². The Morgan fingerprint density at radius 1 is 1.40 bits per heavy atom. The highest BCUT2D eigenvalue weighted by Crippen LogP contribution is 2.20. The van der Waals surface area contributed by atoms with Gasteiger partial charge in [-0.25, -0.2) is 0 Å². The molecule has 0 radical (unpaired) electrons. The van der Waals surface area contributed by atoms with Crippen LogP contribution in [-0.4, -0.2) is 22.6 Å². The molecule has 0 bridgehead atoms. The maximum atomic E-state index is 11.9.